The van der Waals surface area contributed by atoms with Gasteiger partial charge in [0.05, 0.1) is 5.56 Å². The Bertz CT molecular complexity index is 1520. The van der Waals surface area contributed by atoms with Gasteiger partial charge in [-0.15, -0.1) is 0 Å². The van der Waals surface area contributed by atoms with Crippen molar-refractivity contribution in [1.29, 1.82) is 0 Å². The molecule has 2 bridgehead atoms. The molecule has 4 fully saturated rings. The van der Waals surface area contributed by atoms with E-state index in [0.29, 0.717) is 29.2 Å². The molecule has 0 radical (unpaired) electrons. The molecule has 6 aliphatic carbocycles. The predicted octanol–water partition coefficient (Wildman–Crippen LogP) is 3.78. The van der Waals surface area contributed by atoms with E-state index in [1.54, 1.807) is 12.1 Å². The van der Waals surface area contributed by atoms with Crippen LogP contribution >= 0.6 is 0 Å². The van der Waals surface area contributed by atoms with Gasteiger partial charge in [0, 0.05) is 36.7 Å². The number of phenols is 1. The van der Waals surface area contributed by atoms with Crippen molar-refractivity contribution in [2.24, 2.45) is 46.7 Å². The topological polar surface area (TPSA) is 175 Å². The second kappa shape index (κ2) is 9.02. The summed E-state index contributed by atoms with van der Waals surface area (Å²) in [4.78, 5) is 53.2. The van der Waals surface area contributed by atoms with E-state index in [1.807, 2.05) is 6.92 Å². The molecule has 1 aromatic carbocycles. The van der Waals surface area contributed by atoms with Crippen LogP contribution < -0.4 is 5.73 Å². The Balaban J connectivity index is 1.31. The van der Waals surface area contributed by atoms with Gasteiger partial charge in [0.15, 0.2) is 11.4 Å². The molecule has 0 heterocycles. The third-order valence-electron chi connectivity index (χ3n) is 12.0. The average molecular weight is 576 g/mol. The quantitative estimate of drug-likeness (QED) is 0.330. The normalized spacial score (nSPS) is 40.1. The fraction of sp³-hybridized carbons (Fsp3) is 0.576. The Hall–Kier alpha value is -3.46. The van der Waals surface area contributed by atoms with Crippen LogP contribution in [0, 0.1) is 40.9 Å². The number of aromatic hydroxyl groups is 1. The van der Waals surface area contributed by atoms with E-state index >= 15 is 0 Å². The summed E-state index contributed by atoms with van der Waals surface area (Å²) in [6.07, 6.45) is 7.01. The number of primary amides is 1. The fourth-order valence-corrected chi connectivity index (χ4v) is 10.2. The lowest BCUT2D eigenvalue weighted by Gasteiger charge is -2.52. The molecule has 9 nitrogen and oxygen atoms in total. The molecule has 9 atom stereocenters. The summed E-state index contributed by atoms with van der Waals surface area (Å²) in [5.74, 6) is -6.84. The monoisotopic (exact) mass is 575 g/mol. The number of aliphatic hydroxyl groups is 3. The van der Waals surface area contributed by atoms with E-state index in [9.17, 15) is 39.6 Å². The molecule has 4 saturated carbocycles. The third kappa shape index (κ3) is 3.58. The Morgan fingerprint density at radius 2 is 1.83 bits per heavy atom. The number of ketones is 3. The van der Waals surface area contributed by atoms with Gasteiger partial charge in [-0.05, 0) is 72.3 Å². The first-order valence-corrected chi connectivity index (χ1v) is 15.2. The number of hydrogen-bond donors (Lipinski definition) is 5. The van der Waals surface area contributed by atoms with E-state index in [0.717, 1.165) is 6.42 Å². The summed E-state index contributed by atoms with van der Waals surface area (Å²) in [6.45, 7) is 1.83. The number of hydrogen-bond acceptors (Lipinski definition) is 8. The molecule has 0 aromatic heterocycles. The summed E-state index contributed by atoms with van der Waals surface area (Å²) >= 11 is 0. The first-order chi connectivity index (χ1) is 19.9. The largest absolute Gasteiger partial charge is 0.508 e. The van der Waals surface area contributed by atoms with E-state index in [4.69, 9.17) is 5.73 Å². The second-order valence-electron chi connectivity index (χ2n) is 14.0. The van der Waals surface area contributed by atoms with Gasteiger partial charge in [-0.2, -0.15) is 0 Å². The zero-order valence-corrected chi connectivity index (χ0v) is 23.6. The van der Waals surface area contributed by atoms with Crippen LogP contribution in [0.2, 0.25) is 0 Å². The number of carbonyl (C=O) groups excluding carboxylic acids is 4. The second-order valence-corrected chi connectivity index (χ2v) is 14.0. The number of phenolic OH excluding ortho intramolecular Hbond substituents is 1. The highest BCUT2D eigenvalue weighted by Crippen LogP contribution is 2.70. The first kappa shape index (κ1) is 27.4. The summed E-state index contributed by atoms with van der Waals surface area (Å²) in [6, 6.07) is 4.74. The highest BCUT2D eigenvalue weighted by Gasteiger charge is 2.65. The van der Waals surface area contributed by atoms with Crippen molar-refractivity contribution in [3.05, 3.63) is 46.2 Å². The Morgan fingerprint density at radius 3 is 2.57 bits per heavy atom. The molecule has 1 amide bonds. The molecule has 4 unspecified atom stereocenters. The zero-order valence-electron chi connectivity index (χ0n) is 23.6. The minimum Gasteiger partial charge on any atom is -0.508 e. The summed E-state index contributed by atoms with van der Waals surface area (Å²) in [5, 5.41) is 45.1. The molecule has 0 saturated heterocycles. The smallest absolute Gasteiger partial charge is 0.255 e. The van der Waals surface area contributed by atoms with Crippen molar-refractivity contribution >= 4 is 29.0 Å². The van der Waals surface area contributed by atoms with Crippen molar-refractivity contribution in [3.63, 3.8) is 0 Å². The Morgan fingerprint density at radius 1 is 1.07 bits per heavy atom. The van der Waals surface area contributed by atoms with E-state index in [1.165, 1.54) is 38.2 Å². The maximum Gasteiger partial charge on any atom is 0.255 e. The third-order valence-corrected chi connectivity index (χ3v) is 12.0. The van der Waals surface area contributed by atoms with Crippen LogP contribution in [-0.2, 0) is 19.2 Å². The molecule has 1 spiro atoms. The number of amides is 1. The van der Waals surface area contributed by atoms with Crippen LogP contribution in [0.4, 0.5) is 0 Å². The standard InChI is InChI=1S/C33H37NO8/c1-14-18-5-2-6-22(36)25(18)28(38)27-24(14)19(20-11-23(37)26(31(34)41)29(39)33(20,42)30(27)40)10-17(35)9-16-8-15-4-3-7-32(12-15)13-21(16)32/h2,5-6,14-16,19-21,24,36,38-39,42H,3-4,7-13H2,1H3,(H2,34,41)/t14-,15?,16?,19+,20+,21?,24-,32?,33+/m0/s1. The molecule has 6 aliphatic rings. The highest BCUT2D eigenvalue weighted by atomic mass is 16.3. The lowest BCUT2D eigenvalue weighted by Crippen LogP contribution is -2.62. The number of benzene rings is 1. The highest BCUT2D eigenvalue weighted by molar-refractivity contribution is 6.23. The Labute approximate surface area is 243 Å². The molecule has 1 aromatic rings. The van der Waals surface area contributed by atoms with Crippen LogP contribution in [0.15, 0.2) is 35.1 Å². The minimum atomic E-state index is -2.73. The van der Waals surface area contributed by atoms with Crippen LogP contribution in [-0.4, -0.2) is 49.3 Å². The van der Waals surface area contributed by atoms with Crippen LogP contribution in [0.1, 0.15) is 81.8 Å². The van der Waals surface area contributed by atoms with Crippen molar-refractivity contribution in [1.82, 2.24) is 0 Å². The average Bonchev–Trinajstić information content (AvgIpc) is 3.63. The first-order valence-electron chi connectivity index (χ1n) is 15.2. The zero-order chi connectivity index (χ0) is 29.9. The van der Waals surface area contributed by atoms with Gasteiger partial charge in [-0.25, -0.2) is 0 Å². The van der Waals surface area contributed by atoms with Crippen LogP contribution in [0.3, 0.4) is 0 Å². The van der Waals surface area contributed by atoms with Gasteiger partial charge in [0.1, 0.15) is 28.6 Å². The Kier molecular flexibility index (Phi) is 5.88. The van der Waals surface area contributed by atoms with Gasteiger partial charge in [0.2, 0.25) is 5.78 Å². The van der Waals surface area contributed by atoms with Crippen molar-refractivity contribution in [3.8, 4) is 5.75 Å². The van der Waals surface area contributed by atoms with E-state index in [-0.39, 0.29) is 35.0 Å². The van der Waals surface area contributed by atoms with Gasteiger partial charge in [-0.3, -0.25) is 19.2 Å². The number of fused-ring (bicyclic) bond motifs is 4. The molecule has 6 N–H and O–H groups in total. The molecule has 0 aliphatic heterocycles. The van der Waals surface area contributed by atoms with Crippen molar-refractivity contribution < 1.29 is 39.6 Å². The molecule has 42 heavy (non-hydrogen) atoms. The number of Topliss-reactive ketones (excluding diaryl/α,β-unsaturated/α-hetero) is 3. The van der Waals surface area contributed by atoms with Gasteiger partial charge < -0.3 is 26.2 Å². The van der Waals surface area contributed by atoms with Gasteiger partial charge in [0.25, 0.3) is 5.91 Å². The summed E-state index contributed by atoms with van der Waals surface area (Å²) in [5.41, 5.74) is 2.60. The van der Waals surface area contributed by atoms with Gasteiger partial charge in [-0.1, -0.05) is 31.9 Å². The van der Waals surface area contributed by atoms with Gasteiger partial charge >= 0.3 is 0 Å². The van der Waals surface area contributed by atoms with E-state index in [2.05, 4.69) is 0 Å². The lowest BCUT2D eigenvalue weighted by atomic mass is 9.51. The van der Waals surface area contributed by atoms with Crippen molar-refractivity contribution in [2.45, 2.75) is 76.2 Å². The molecular formula is C33H37NO8. The fourth-order valence-electron chi connectivity index (χ4n) is 10.2. The number of aliphatic hydroxyl groups excluding tert-OH is 2. The lowest BCUT2D eigenvalue weighted by molar-refractivity contribution is -0.155. The number of carbonyl (C=O) groups is 4. The summed E-state index contributed by atoms with van der Waals surface area (Å²) < 4.78 is 0. The molecular weight excluding hydrogens is 538 g/mol. The molecule has 222 valence electrons. The SMILES string of the molecule is C[C@H]1c2cccc(O)c2C(O)=C2C(=O)[C@]3(O)C(O)=C(C(N)=O)C(=O)C[C@@H]3[C@@H](CC(=O)CC3CC4CCCC5(C4)CC35)[C@@H]21. The number of nitrogens with two attached hydrogens (primary N) is 1. The van der Waals surface area contributed by atoms with Crippen molar-refractivity contribution in [2.75, 3.05) is 0 Å². The van der Waals surface area contributed by atoms with Crippen LogP contribution in [0.25, 0.3) is 5.76 Å². The van der Waals surface area contributed by atoms with E-state index < -0.39 is 70.3 Å². The van der Waals surface area contributed by atoms with Crippen LogP contribution in [0.5, 0.6) is 5.75 Å². The number of rotatable bonds is 5. The molecule has 7 rings (SSSR count). The minimum absolute atomic E-state index is 0.0342. The predicted molar refractivity (Wildman–Crippen MR) is 150 cm³/mol. The molecule has 9 heteroatoms. The summed E-state index contributed by atoms with van der Waals surface area (Å²) in [7, 11) is 0. The maximum absolute atomic E-state index is 14.1. The maximum atomic E-state index is 14.1.